The quantitative estimate of drug-likeness (QED) is 0.795. The Hall–Kier alpha value is -1.90. The van der Waals surface area contributed by atoms with Crippen molar-refractivity contribution >= 4 is 27.5 Å². The van der Waals surface area contributed by atoms with E-state index in [1.54, 1.807) is 31.2 Å². The van der Waals surface area contributed by atoms with Crippen LogP contribution in [-0.2, 0) is 14.8 Å². The summed E-state index contributed by atoms with van der Waals surface area (Å²) in [6.07, 6.45) is 0. The monoisotopic (exact) mass is 385 g/mol. The minimum Gasteiger partial charge on any atom is -0.360 e. The van der Waals surface area contributed by atoms with E-state index in [1.807, 2.05) is 0 Å². The van der Waals surface area contributed by atoms with Gasteiger partial charge in [-0.05, 0) is 45.4 Å². The standard InChI is InChI=1S/C16H20ClN3O4S/c1-9(13-5-7-14(17)8-6-13)18-16(21)11(3)20-25(22,23)15-10(2)19-24-12(15)4/h5-9,11,20H,1-4H3,(H,18,21)/t9?,11-/m0/s1. The van der Waals surface area contributed by atoms with Gasteiger partial charge in [-0.2, -0.15) is 4.72 Å². The van der Waals surface area contributed by atoms with Crippen LogP contribution in [0.2, 0.25) is 5.02 Å². The van der Waals surface area contributed by atoms with E-state index in [9.17, 15) is 13.2 Å². The summed E-state index contributed by atoms with van der Waals surface area (Å²) in [6, 6.07) is 5.79. The topological polar surface area (TPSA) is 101 Å². The Balaban J connectivity index is 2.06. The molecule has 1 heterocycles. The maximum absolute atomic E-state index is 12.4. The van der Waals surface area contributed by atoms with Crippen molar-refractivity contribution in [1.29, 1.82) is 0 Å². The Labute approximate surface area is 151 Å². The Bertz CT molecular complexity index is 843. The van der Waals surface area contributed by atoms with Gasteiger partial charge in [-0.3, -0.25) is 4.79 Å². The minimum atomic E-state index is -3.91. The molecule has 0 spiro atoms. The van der Waals surface area contributed by atoms with Crippen LogP contribution in [0.5, 0.6) is 0 Å². The maximum Gasteiger partial charge on any atom is 0.246 e. The Morgan fingerprint density at radius 2 is 1.80 bits per heavy atom. The highest BCUT2D eigenvalue weighted by Crippen LogP contribution is 2.19. The number of sulfonamides is 1. The summed E-state index contributed by atoms with van der Waals surface area (Å²) >= 11 is 5.84. The average molecular weight is 386 g/mol. The van der Waals surface area contributed by atoms with E-state index in [0.717, 1.165) is 5.56 Å². The van der Waals surface area contributed by atoms with Crippen LogP contribution in [0, 0.1) is 13.8 Å². The Morgan fingerprint density at radius 3 is 2.32 bits per heavy atom. The first kappa shape index (κ1) is 19.4. The number of rotatable bonds is 6. The molecule has 7 nitrogen and oxygen atoms in total. The van der Waals surface area contributed by atoms with Gasteiger partial charge in [0.25, 0.3) is 0 Å². The van der Waals surface area contributed by atoms with Gasteiger partial charge in [-0.1, -0.05) is 28.9 Å². The van der Waals surface area contributed by atoms with Crippen LogP contribution in [0.1, 0.15) is 36.9 Å². The molecule has 136 valence electrons. The highest BCUT2D eigenvalue weighted by molar-refractivity contribution is 7.89. The summed E-state index contributed by atoms with van der Waals surface area (Å²) in [7, 11) is -3.91. The lowest BCUT2D eigenvalue weighted by Gasteiger charge is -2.19. The first-order valence-electron chi connectivity index (χ1n) is 7.63. The normalized spacial score (nSPS) is 14.1. The lowest BCUT2D eigenvalue weighted by Crippen LogP contribution is -2.45. The zero-order valence-corrected chi connectivity index (χ0v) is 15.9. The predicted octanol–water partition coefficient (Wildman–Crippen LogP) is 2.49. The molecule has 0 aliphatic rings. The molecule has 0 saturated carbocycles. The van der Waals surface area contributed by atoms with Gasteiger partial charge in [0.05, 0.1) is 12.1 Å². The fourth-order valence-electron chi connectivity index (χ4n) is 2.38. The summed E-state index contributed by atoms with van der Waals surface area (Å²) in [4.78, 5) is 12.3. The lowest BCUT2D eigenvalue weighted by atomic mass is 10.1. The summed E-state index contributed by atoms with van der Waals surface area (Å²) in [5.74, 6) is -0.273. The zero-order chi connectivity index (χ0) is 18.8. The molecule has 0 saturated heterocycles. The molecule has 1 aromatic carbocycles. The third-order valence-corrected chi connectivity index (χ3v) is 5.73. The molecule has 0 aliphatic heterocycles. The second kappa shape index (κ2) is 7.55. The van der Waals surface area contributed by atoms with Crippen LogP contribution in [-0.4, -0.2) is 25.5 Å². The molecule has 1 aromatic heterocycles. The van der Waals surface area contributed by atoms with E-state index in [-0.39, 0.29) is 22.4 Å². The average Bonchev–Trinajstić information content (AvgIpc) is 2.87. The molecule has 0 bridgehead atoms. The number of nitrogens with zero attached hydrogens (tertiary/aromatic N) is 1. The number of hydrogen-bond donors (Lipinski definition) is 2. The van der Waals surface area contributed by atoms with Crippen LogP contribution >= 0.6 is 11.6 Å². The highest BCUT2D eigenvalue weighted by atomic mass is 35.5. The van der Waals surface area contributed by atoms with Crippen molar-refractivity contribution < 1.29 is 17.7 Å². The first-order valence-corrected chi connectivity index (χ1v) is 9.49. The Morgan fingerprint density at radius 1 is 1.20 bits per heavy atom. The lowest BCUT2D eigenvalue weighted by molar-refractivity contribution is -0.123. The number of halogens is 1. The molecule has 2 N–H and O–H groups in total. The molecular formula is C16H20ClN3O4S. The number of carbonyl (C=O) groups is 1. The van der Waals surface area contributed by atoms with Gasteiger partial charge >= 0.3 is 0 Å². The minimum absolute atomic E-state index is 0.0436. The van der Waals surface area contributed by atoms with Gasteiger partial charge in [-0.15, -0.1) is 0 Å². The van der Waals surface area contributed by atoms with Crippen LogP contribution in [0.3, 0.4) is 0 Å². The molecule has 0 fully saturated rings. The summed E-state index contributed by atoms with van der Waals surface area (Å²) in [5, 5.41) is 6.99. The number of benzene rings is 1. The van der Waals surface area contributed by atoms with E-state index in [2.05, 4.69) is 15.2 Å². The first-order chi connectivity index (χ1) is 11.6. The van der Waals surface area contributed by atoms with E-state index in [1.165, 1.54) is 20.8 Å². The van der Waals surface area contributed by atoms with Gasteiger partial charge in [0.1, 0.15) is 10.6 Å². The molecule has 2 atom stereocenters. The van der Waals surface area contributed by atoms with Crippen molar-refractivity contribution in [2.75, 3.05) is 0 Å². The molecule has 25 heavy (non-hydrogen) atoms. The van der Waals surface area contributed by atoms with E-state index in [4.69, 9.17) is 16.1 Å². The third kappa shape index (κ3) is 4.59. The van der Waals surface area contributed by atoms with Gasteiger partial charge in [0.15, 0.2) is 5.76 Å². The van der Waals surface area contributed by atoms with Crippen molar-refractivity contribution in [3.05, 3.63) is 46.3 Å². The van der Waals surface area contributed by atoms with Gasteiger partial charge < -0.3 is 9.84 Å². The van der Waals surface area contributed by atoms with Crippen LogP contribution < -0.4 is 10.0 Å². The van der Waals surface area contributed by atoms with Crippen molar-refractivity contribution in [3.8, 4) is 0 Å². The van der Waals surface area contributed by atoms with Crippen LogP contribution in [0.4, 0.5) is 0 Å². The van der Waals surface area contributed by atoms with Crippen molar-refractivity contribution in [2.24, 2.45) is 0 Å². The second-order valence-corrected chi connectivity index (χ2v) is 7.87. The van der Waals surface area contributed by atoms with Crippen LogP contribution in [0.15, 0.2) is 33.7 Å². The molecule has 0 radical (unpaired) electrons. The summed E-state index contributed by atoms with van der Waals surface area (Å²) in [5.41, 5.74) is 1.10. The maximum atomic E-state index is 12.4. The number of amides is 1. The molecule has 2 aromatic rings. The second-order valence-electron chi connectivity index (χ2n) is 5.78. The highest BCUT2D eigenvalue weighted by Gasteiger charge is 2.28. The third-order valence-electron chi connectivity index (χ3n) is 3.69. The fraction of sp³-hybridized carbons (Fsp3) is 0.375. The molecule has 1 unspecified atom stereocenters. The summed E-state index contributed by atoms with van der Waals surface area (Å²) in [6.45, 7) is 6.30. The molecule has 9 heteroatoms. The van der Waals surface area contributed by atoms with Crippen LogP contribution in [0.25, 0.3) is 0 Å². The smallest absolute Gasteiger partial charge is 0.246 e. The van der Waals surface area contributed by atoms with Gasteiger partial charge in [0.2, 0.25) is 15.9 Å². The number of hydrogen-bond acceptors (Lipinski definition) is 5. The molecule has 2 rings (SSSR count). The number of aromatic nitrogens is 1. The van der Waals surface area contributed by atoms with Crippen molar-refractivity contribution in [3.63, 3.8) is 0 Å². The largest absolute Gasteiger partial charge is 0.360 e. The molecule has 0 aliphatic carbocycles. The van der Waals surface area contributed by atoms with Crippen molar-refractivity contribution in [1.82, 2.24) is 15.2 Å². The molecular weight excluding hydrogens is 366 g/mol. The Kier molecular flexibility index (Phi) is 5.87. The van der Waals surface area contributed by atoms with Crippen molar-refractivity contribution in [2.45, 2.75) is 44.7 Å². The summed E-state index contributed by atoms with van der Waals surface area (Å²) < 4.78 is 32.1. The number of aryl methyl sites for hydroxylation is 2. The number of carbonyl (C=O) groups excluding carboxylic acids is 1. The van der Waals surface area contributed by atoms with E-state index >= 15 is 0 Å². The van der Waals surface area contributed by atoms with E-state index < -0.39 is 22.0 Å². The SMILES string of the molecule is Cc1noc(C)c1S(=O)(=O)N[C@@H](C)C(=O)NC(C)c1ccc(Cl)cc1. The zero-order valence-electron chi connectivity index (χ0n) is 14.3. The predicted molar refractivity (Wildman–Crippen MR) is 93.8 cm³/mol. The van der Waals surface area contributed by atoms with Gasteiger partial charge in [0, 0.05) is 5.02 Å². The fourth-order valence-corrected chi connectivity index (χ4v) is 4.03. The van der Waals surface area contributed by atoms with E-state index in [0.29, 0.717) is 5.02 Å². The van der Waals surface area contributed by atoms with Gasteiger partial charge in [-0.25, -0.2) is 8.42 Å². The number of nitrogens with one attached hydrogen (secondary N) is 2. The molecule has 1 amide bonds.